The molecule has 0 aliphatic rings. The highest BCUT2D eigenvalue weighted by molar-refractivity contribution is 6.03. The molecule has 0 spiro atoms. The minimum Gasteiger partial charge on any atom is -0.397 e. The summed E-state index contributed by atoms with van der Waals surface area (Å²) in [6, 6.07) is 22.7. The van der Waals surface area contributed by atoms with Gasteiger partial charge in [0.05, 0.1) is 23.0 Å². The van der Waals surface area contributed by atoms with Crippen LogP contribution in [0.5, 0.6) is 0 Å². The fraction of sp³-hybridized carbons (Fsp3) is 0.179. The maximum Gasteiger partial charge on any atom is 0.248 e. The van der Waals surface area contributed by atoms with Gasteiger partial charge in [-0.2, -0.15) is 5.26 Å². The maximum atomic E-state index is 13.1. The van der Waals surface area contributed by atoms with Crippen LogP contribution in [-0.4, -0.2) is 43.9 Å². The molecule has 8 nitrogen and oxygen atoms in total. The van der Waals surface area contributed by atoms with Crippen molar-refractivity contribution >= 4 is 35.0 Å². The third-order valence-corrected chi connectivity index (χ3v) is 5.37. The molecule has 3 rings (SSSR count). The molecule has 0 heterocycles. The molecule has 0 fully saturated rings. The monoisotopic (exact) mass is 482 g/mol. The zero-order valence-electron chi connectivity index (χ0n) is 20.4. The van der Waals surface area contributed by atoms with E-state index < -0.39 is 6.04 Å². The van der Waals surface area contributed by atoms with Gasteiger partial charge in [-0.05, 0) is 67.7 Å². The van der Waals surface area contributed by atoms with E-state index in [2.05, 4.69) is 22.0 Å². The minimum absolute atomic E-state index is 0.207. The highest BCUT2D eigenvalue weighted by Crippen LogP contribution is 2.19. The van der Waals surface area contributed by atoms with Crippen LogP contribution in [0, 0.1) is 11.3 Å². The third-order valence-electron chi connectivity index (χ3n) is 5.37. The summed E-state index contributed by atoms with van der Waals surface area (Å²) in [5.41, 5.74) is 9.66. The van der Waals surface area contributed by atoms with E-state index in [9.17, 15) is 9.59 Å². The molecule has 5 N–H and O–H groups in total. The van der Waals surface area contributed by atoms with E-state index in [1.807, 2.05) is 43.3 Å². The molecule has 1 unspecified atom stereocenters. The number of anilines is 3. The molecule has 36 heavy (non-hydrogen) atoms. The van der Waals surface area contributed by atoms with Gasteiger partial charge in [0, 0.05) is 24.9 Å². The molecule has 0 aliphatic heterocycles. The Morgan fingerprint density at radius 1 is 1.00 bits per heavy atom. The number of hydrogen-bond acceptors (Lipinski definition) is 6. The van der Waals surface area contributed by atoms with Crippen LogP contribution < -0.4 is 21.7 Å². The van der Waals surface area contributed by atoms with Gasteiger partial charge in [0.25, 0.3) is 0 Å². The van der Waals surface area contributed by atoms with E-state index in [-0.39, 0.29) is 11.8 Å². The summed E-state index contributed by atoms with van der Waals surface area (Å²) in [6.45, 7) is 1.38. The van der Waals surface area contributed by atoms with Crippen molar-refractivity contribution in [2.24, 2.45) is 0 Å². The van der Waals surface area contributed by atoms with Crippen molar-refractivity contribution in [3.63, 3.8) is 0 Å². The number of rotatable bonds is 10. The van der Waals surface area contributed by atoms with Crippen LogP contribution in [0.3, 0.4) is 0 Å². The zero-order valence-corrected chi connectivity index (χ0v) is 20.4. The molecular weight excluding hydrogens is 452 g/mol. The second kappa shape index (κ2) is 12.9. The van der Waals surface area contributed by atoms with Crippen molar-refractivity contribution < 1.29 is 9.59 Å². The second-order valence-corrected chi connectivity index (χ2v) is 8.45. The number of carbonyl (C=O) groups is 2. The Labute approximate surface area is 211 Å². The minimum atomic E-state index is -0.581. The first kappa shape index (κ1) is 26.2. The normalized spacial score (nSPS) is 11.7. The third kappa shape index (κ3) is 7.81. The van der Waals surface area contributed by atoms with Gasteiger partial charge in [-0.15, -0.1) is 0 Å². The molecule has 184 valence electrons. The highest BCUT2D eigenvalue weighted by atomic mass is 16.2. The van der Waals surface area contributed by atoms with Gasteiger partial charge in [-0.1, -0.05) is 36.4 Å². The molecule has 0 saturated carbocycles. The largest absolute Gasteiger partial charge is 0.397 e. The number of likely N-dealkylation sites (N-methyl/N-ethyl adjacent to an activating group) is 1. The number of para-hydroxylation sites is 2. The van der Waals surface area contributed by atoms with Gasteiger partial charge >= 0.3 is 0 Å². The molecule has 0 saturated heterocycles. The average molecular weight is 483 g/mol. The molecule has 0 aromatic heterocycles. The number of nitrogens with two attached hydrogens (primary N) is 1. The lowest BCUT2D eigenvalue weighted by Gasteiger charge is -2.20. The van der Waals surface area contributed by atoms with Crippen molar-refractivity contribution in [2.45, 2.75) is 6.04 Å². The maximum absolute atomic E-state index is 13.1. The molecular formula is C28H30N6O2. The summed E-state index contributed by atoms with van der Waals surface area (Å²) in [7, 11) is 3.94. The SMILES string of the molecule is CN(C)CCNC(C(=O)Nc1ccc(C#N)cc1)c1ccc(C=CC(=O)Nc2ccccc2N)cc1. The number of benzene rings is 3. The number of nitriles is 1. The number of hydrogen-bond donors (Lipinski definition) is 4. The predicted molar refractivity (Wildman–Crippen MR) is 144 cm³/mol. The van der Waals surface area contributed by atoms with Crippen molar-refractivity contribution in [3.8, 4) is 6.07 Å². The number of nitrogens with zero attached hydrogens (tertiary/aromatic N) is 2. The summed E-state index contributed by atoms with van der Waals surface area (Å²) in [5.74, 6) is -0.497. The summed E-state index contributed by atoms with van der Waals surface area (Å²) in [4.78, 5) is 27.4. The Balaban J connectivity index is 1.69. The Kier molecular flexibility index (Phi) is 9.34. The molecule has 0 radical (unpaired) electrons. The molecule has 0 bridgehead atoms. The van der Waals surface area contributed by atoms with Crippen LogP contribution in [0.2, 0.25) is 0 Å². The fourth-order valence-electron chi connectivity index (χ4n) is 3.39. The van der Waals surface area contributed by atoms with Crippen molar-refractivity contribution in [1.82, 2.24) is 10.2 Å². The first-order valence-electron chi connectivity index (χ1n) is 11.5. The lowest BCUT2D eigenvalue weighted by Crippen LogP contribution is -2.36. The lowest BCUT2D eigenvalue weighted by molar-refractivity contribution is -0.118. The molecule has 8 heteroatoms. The highest BCUT2D eigenvalue weighted by Gasteiger charge is 2.20. The smallest absolute Gasteiger partial charge is 0.248 e. The van der Waals surface area contributed by atoms with Gasteiger partial charge in [-0.3, -0.25) is 9.59 Å². The summed E-state index contributed by atoms with van der Waals surface area (Å²) >= 11 is 0. The standard InChI is InChI=1S/C28H30N6O2/c1-34(2)18-17-31-27(28(36)32-23-14-9-21(19-29)10-15-23)22-12-7-20(8-13-22)11-16-26(35)33-25-6-4-3-5-24(25)30/h3-16,27,31H,17-18,30H2,1-2H3,(H,32,36)(H,33,35). The van der Waals surface area contributed by atoms with E-state index in [0.717, 1.165) is 17.7 Å². The van der Waals surface area contributed by atoms with E-state index in [0.29, 0.717) is 29.2 Å². The van der Waals surface area contributed by atoms with Crippen molar-refractivity contribution in [3.05, 3.63) is 95.6 Å². The van der Waals surface area contributed by atoms with Crippen LogP contribution in [0.1, 0.15) is 22.7 Å². The van der Waals surface area contributed by atoms with Crippen LogP contribution in [0.4, 0.5) is 17.1 Å². The van der Waals surface area contributed by atoms with Crippen LogP contribution in [0.25, 0.3) is 6.08 Å². The van der Waals surface area contributed by atoms with E-state index >= 15 is 0 Å². The molecule has 3 aromatic rings. The summed E-state index contributed by atoms with van der Waals surface area (Å²) in [6.07, 6.45) is 3.13. The quantitative estimate of drug-likeness (QED) is 0.259. The first-order valence-corrected chi connectivity index (χ1v) is 11.5. The van der Waals surface area contributed by atoms with E-state index in [1.165, 1.54) is 6.08 Å². The van der Waals surface area contributed by atoms with Crippen LogP contribution in [-0.2, 0) is 9.59 Å². The Morgan fingerprint density at radius 3 is 2.33 bits per heavy atom. The Hall–Kier alpha value is -4.45. The summed E-state index contributed by atoms with van der Waals surface area (Å²) in [5, 5.41) is 17.9. The molecule has 1 atom stereocenters. The molecule has 2 amide bonds. The topological polar surface area (TPSA) is 123 Å². The average Bonchev–Trinajstić information content (AvgIpc) is 2.87. The predicted octanol–water partition coefficient (Wildman–Crippen LogP) is 3.62. The van der Waals surface area contributed by atoms with Crippen LogP contribution in [0.15, 0.2) is 78.9 Å². The van der Waals surface area contributed by atoms with E-state index in [4.69, 9.17) is 11.0 Å². The molecule has 0 aliphatic carbocycles. The Morgan fingerprint density at radius 2 is 1.69 bits per heavy atom. The summed E-state index contributed by atoms with van der Waals surface area (Å²) < 4.78 is 0. The van der Waals surface area contributed by atoms with Gasteiger partial charge in [-0.25, -0.2) is 0 Å². The number of carbonyl (C=O) groups excluding carboxylic acids is 2. The number of nitrogen functional groups attached to an aromatic ring is 1. The van der Waals surface area contributed by atoms with Gasteiger partial charge < -0.3 is 26.6 Å². The number of amides is 2. The first-order chi connectivity index (χ1) is 17.4. The fourth-order valence-corrected chi connectivity index (χ4v) is 3.39. The number of nitrogens with one attached hydrogen (secondary N) is 3. The van der Waals surface area contributed by atoms with Crippen LogP contribution >= 0.6 is 0 Å². The van der Waals surface area contributed by atoms with Crippen molar-refractivity contribution in [2.75, 3.05) is 43.6 Å². The van der Waals surface area contributed by atoms with E-state index in [1.54, 1.807) is 54.6 Å². The van der Waals surface area contributed by atoms with Gasteiger partial charge in [0.15, 0.2) is 0 Å². The van der Waals surface area contributed by atoms with Gasteiger partial charge in [0.1, 0.15) is 6.04 Å². The second-order valence-electron chi connectivity index (χ2n) is 8.45. The molecule has 3 aromatic carbocycles. The van der Waals surface area contributed by atoms with Gasteiger partial charge in [0.2, 0.25) is 11.8 Å². The zero-order chi connectivity index (χ0) is 25.9. The van der Waals surface area contributed by atoms with Crippen molar-refractivity contribution in [1.29, 1.82) is 5.26 Å². The Bertz CT molecular complexity index is 1240. The lowest BCUT2D eigenvalue weighted by atomic mass is 10.0.